The topological polar surface area (TPSA) is 58.6 Å². The highest BCUT2D eigenvalue weighted by molar-refractivity contribution is 8.26. The molecular weight excluding hydrogens is 308 g/mol. The van der Waals surface area contributed by atoms with Gasteiger partial charge in [-0.15, -0.1) is 0 Å². The van der Waals surface area contributed by atoms with E-state index in [1.165, 1.54) is 23.7 Å². The van der Waals surface area contributed by atoms with Gasteiger partial charge in [-0.25, -0.2) is 0 Å². The van der Waals surface area contributed by atoms with Gasteiger partial charge < -0.3 is 10.1 Å². The highest BCUT2D eigenvalue weighted by atomic mass is 32.2. The average Bonchev–Trinajstić information content (AvgIpc) is 2.75. The second-order valence-corrected chi connectivity index (χ2v) is 5.89. The van der Waals surface area contributed by atoms with Crippen molar-refractivity contribution in [2.24, 2.45) is 0 Å². The van der Waals surface area contributed by atoms with E-state index in [2.05, 4.69) is 5.32 Å². The Hall–Kier alpha value is -1.86. The number of likely N-dealkylation sites (N-methyl/N-ethyl adjacent to an activating group) is 1. The number of hydrogen-bond acceptors (Lipinski definition) is 5. The van der Waals surface area contributed by atoms with E-state index in [9.17, 15) is 9.59 Å². The summed E-state index contributed by atoms with van der Waals surface area (Å²) in [6.45, 7) is -0.0544. The fraction of sp³-hybridized carbons (Fsp3) is 0.214. The lowest BCUT2D eigenvalue weighted by Gasteiger charge is -2.12. The van der Waals surface area contributed by atoms with Gasteiger partial charge in [0.2, 0.25) is 5.91 Å². The van der Waals surface area contributed by atoms with Crippen LogP contribution in [0, 0.1) is 0 Å². The molecule has 7 heteroatoms. The summed E-state index contributed by atoms with van der Waals surface area (Å²) in [4.78, 5) is 25.4. The normalized spacial score (nSPS) is 16.5. The number of amides is 2. The first kappa shape index (κ1) is 15.5. The zero-order valence-electron chi connectivity index (χ0n) is 11.6. The molecule has 0 bridgehead atoms. The first-order chi connectivity index (χ1) is 10.0. The van der Waals surface area contributed by atoms with Crippen LogP contribution in [0.25, 0.3) is 6.08 Å². The van der Waals surface area contributed by atoms with Gasteiger partial charge in [0.15, 0.2) is 0 Å². The minimum atomic E-state index is -0.253. The lowest BCUT2D eigenvalue weighted by molar-refractivity contribution is -0.128. The highest BCUT2D eigenvalue weighted by Gasteiger charge is 2.33. The number of hydrogen-bond donors (Lipinski definition) is 1. The third-order valence-electron chi connectivity index (χ3n) is 2.87. The Bertz CT molecular complexity index is 611. The molecule has 0 saturated carbocycles. The summed E-state index contributed by atoms with van der Waals surface area (Å²) in [5, 5.41) is 2.48. The van der Waals surface area contributed by atoms with Crippen molar-refractivity contribution in [3.8, 4) is 5.75 Å². The van der Waals surface area contributed by atoms with Crippen molar-refractivity contribution in [1.82, 2.24) is 10.2 Å². The number of thiocarbonyl (C=S) groups is 1. The van der Waals surface area contributed by atoms with Gasteiger partial charge in [-0.3, -0.25) is 14.5 Å². The van der Waals surface area contributed by atoms with Crippen molar-refractivity contribution < 1.29 is 14.3 Å². The Morgan fingerprint density at radius 1 is 1.43 bits per heavy atom. The van der Waals surface area contributed by atoms with E-state index in [1.807, 2.05) is 24.3 Å². The summed E-state index contributed by atoms with van der Waals surface area (Å²) in [5.41, 5.74) is 0.872. The third-order valence-corrected chi connectivity index (χ3v) is 4.25. The van der Waals surface area contributed by atoms with Gasteiger partial charge in [-0.05, 0) is 23.8 Å². The summed E-state index contributed by atoms with van der Waals surface area (Å²) >= 11 is 6.34. The highest BCUT2D eigenvalue weighted by Crippen LogP contribution is 2.32. The van der Waals surface area contributed by atoms with Crippen LogP contribution in [0.1, 0.15) is 5.56 Å². The monoisotopic (exact) mass is 322 g/mol. The largest absolute Gasteiger partial charge is 0.497 e. The average molecular weight is 322 g/mol. The smallest absolute Gasteiger partial charge is 0.266 e. The maximum Gasteiger partial charge on any atom is 0.266 e. The molecule has 21 heavy (non-hydrogen) atoms. The molecule has 0 atom stereocenters. The van der Waals surface area contributed by atoms with Gasteiger partial charge in [-0.2, -0.15) is 0 Å². The molecule has 1 heterocycles. The second kappa shape index (κ2) is 6.73. The van der Waals surface area contributed by atoms with Crippen molar-refractivity contribution in [3.05, 3.63) is 34.7 Å². The van der Waals surface area contributed by atoms with Crippen LogP contribution in [-0.2, 0) is 9.59 Å². The third kappa shape index (κ3) is 3.62. The first-order valence-corrected chi connectivity index (χ1v) is 7.37. The van der Waals surface area contributed by atoms with Crippen molar-refractivity contribution in [2.75, 3.05) is 20.7 Å². The molecule has 2 rings (SSSR count). The van der Waals surface area contributed by atoms with Crippen molar-refractivity contribution >= 4 is 46.2 Å². The number of thioether (sulfide) groups is 1. The molecule has 110 valence electrons. The molecule has 1 saturated heterocycles. The Kier molecular flexibility index (Phi) is 4.98. The van der Waals surface area contributed by atoms with Crippen LogP contribution in [0.4, 0.5) is 0 Å². The molecular formula is C14H14N2O3S2. The fourth-order valence-corrected chi connectivity index (χ4v) is 2.97. The first-order valence-electron chi connectivity index (χ1n) is 6.15. The lowest BCUT2D eigenvalue weighted by atomic mass is 10.2. The molecule has 5 nitrogen and oxygen atoms in total. The summed E-state index contributed by atoms with van der Waals surface area (Å²) in [6, 6.07) is 7.34. The minimum Gasteiger partial charge on any atom is -0.497 e. The van der Waals surface area contributed by atoms with Gasteiger partial charge in [0, 0.05) is 7.05 Å². The number of carbonyl (C=O) groups is 2. The number of benzene rings is 1. The molecule has 1 aliphatic rings. The van der Waals surface area contributed by atoms with Crippen molar-refractivity contribution in [1.29, 1.82) is 0 Å². The summed E-state index contributed by atoms with van der Waals surface area (Å²) in [5.74, 6) is 0.251. The standard InChI is InChI=1S/C14H14N2O3S2/c1-15-12(17)8-16-13(18)11(21-14(16)20)7-9-3-5-10(19-2)6-4-9/h3-7H,8H2,1-2H3,(H,15,17)/b11-7+. The van der Waals surface area contributed by atoms with E-state index in [0.29, 0.717) is 9.23 Å². The van der Waals surface area contributed by atoms with Crippen LogP contribution in [0.15, 0.2) is 29.2 Å². The van der Waals surface area contributed by atoms with Crippen LogP contribution < -0.4 is 10.1 Å². The number of rotatable bonds is 4. The van der Waals surface area contributed by atoms with E-state index in [0.717, 1.165) is 11.3 Å². The van der Waals surface area contributed by atoms with E-state index < -0.39 is 0 Å². The van der Waals surface area contributed by atoms with Crippen molar-refractivity contribution in [3.63, 3.8) is 0 Å². The SMILES string of the molecule is CNC(=O)CN1C(=O)/C(=C\c2ccc(OC)cc2)SC1=S. The quantitative estimate of drug-likeness (QED) is 0.675. The van der Waals surface area contributed by atoms with Gasteiger partial charge in [0.1, 0.15) is 16.6 Å². The van der Waals surface area contributed by atoms with Gasteiger partial charge in [-0.1, -0.05) is 36.1 Å². The van der Waals surface area contributed by atoms with Crippen LogP contribution in [-0.4, -0.2) is 41.7 Å². The molecule has 2 amide bonds. The van der Waals surface area contributed by atoms with Gasteiger partial charge in [0.05, 0.1) is 12.0 Å². The molecule has 0 aliphatic carbocycles. The fourth-order valence-electron chi connectivity index (χ4n) is 1.71. The van der Waals surface area contributed by atoms with E-state index in [-0.39, 0.29) is 18.4 Å². The second-order valence-electron chi connectivity index (χ2n) is 4.21. The predicted molar refractivity (Wildman–Crippen MR) is 86.9 cm³/mol. The summed E-state index contributed by atoms with van der Waals surface area (Å²) < 4.78 is 5.48. The number of nitrogens with zero attached hydrogens (tertiary/aromatic N) is 1. The van der Waals surface area contributed by atoms with E-state index >= 15 is 0 Å². The zero-order valence-corrected chi connectivity index (χ0v) is 13.2. The van der Waals surface area contributed by atoms with E-state index in [1.54, 1.807) is 13.2 Å². The number of methoxy groups -OCH3 is 1. The molecule has 1 aromatic rings. The predicted octanol–water partition coefficient (Wildman–Crippen LogP) is 1.64. The maximum absolute atomic E-state index is 12.2. The van der Waals surface area contributed by atoms with E-state index in [4.69, 9.17) is 17.0 Å². The lowest BCUT2D eigenvalue weighted by Crippen LogP contribution is -2.38. The minimum absolute atomic E-state index is 0.0544. The van der Waals surface area contributed by atoms with Gasteiger partial charge in [0.25, 0.3) is 5.91 Å². The van der Waals surface area contributed by atoms with Crippen LogP contribution in [0.5, 0.6) is 5.75 Å². The number of carbonyl (C=O) groups excluding carboxylic acids is 2. The Balaban J connectivity index is 2.17. The number of ether oxygens (including phenoxy) is 1. The van der Waals surface area contributed by atoms with Crippen LogP contribution >= 0.6 is 24.0 Å². The molecule has 0 aromatic heterocycles. The van der Waals surface area contributed by atoms with Crippen LogP contribution in [0.3, 0.4) is 0 Å². The zero-order chi connectivity index (χ0) is 15.4. The Morgan fingerprint density at radius 3 is 2.67 bits per heavy atom. The van der Waals surface area contributed by atoms with Crippen molar-refractivity contribution in [2.45, 2.75) is 0 Å². The molecule has 0 spiro atoms. The molecule has 1 aliphatic heterocycles. The molecule has 1 fully saturated rings. The summed E-state index contributed by atoms with van der Waals surface area (Å²) in [7, 11) is 3.12. The Labute approximate surface area is 132 Å². The Morgan fingerprint density at radius 2 is 2.10 bits per heavy atom. The molecule has 0 radical (unpaired) electrons. The molecule has 1 aromatic carbocycles. The van der Waals surface area contributed by atoms with Gasteiger partial charge >= 0.3 is 0 Å². The molecule has 1 N–H and O–H groups in total. The number of nitrogens with one attached hydrogen (secondary N) is 1. The molecule has 0 unspecified atom stereocenters. The van der Waals surface area contributed by atoms with Crippen LogP contribution in [0.2, 0.25) is 0 Å². The summed E-state index contributed by atoms with van der Waals surface area (Å²) in [6.07, 6.45) is 1.75. The maximum atomic E-state index is 12.2.